The van der Waals surface area contributed by atoms with Crippen molar-refractivity contribution < 1.29 is 0 Å². The molecule has 1 aromatic carbocycles. The van der Waals surface area contributed by atoms with Crippen molar-refractivity contribution in [2.45, 2.75) is 25.7 Å². The van der Waals surface area contributed by atoms with Crippen LogP contribution in [0.1, 0.15) is 30.4 Å². The standard InChI is InChI=1S/C30H22N6/c1-2-11-21(12-3-1)35-23-14-7-6-13-22(23)26-29(35)34-28-27-24(15-8-16-31-27)36(30(28)33-26)25-17-19-9-4-5-10-20(19)18-32-25/h1-2,5-8,10-11,13-18H,3-4,9,12H2. The van der Waals surface area contributed by atoms with E-state index in [2.05, 4.69) is 75.9 Å². The van der Waals surface area contributed by atoms with E-state index in [0.29, 0.717) is 0 Å². The number of rotatable bonds is 2. The molecule has 0 saturated heterocycles. The van der Waals surface area contributed by atoms with Crippen LogP contribution in [0, 0.1) is 0 Å². The molecule has 0 fully saturated rings. The predicted octanol–water partition coefficient (Wildman–Crippen LogP) is 6.62. The lowest BCUT2D eigenvalue weighted by molar-refractivity contribution is 0.957. The molecule has 0 amide bonds. The fourth-order valence-electron chi connectivity index (χ4n) is 5.66. The van der Waals surface area contributed by atoms with Gasteiger partial charge in [-0.2, -0.15) is 0 Å². The van der Waals surface area contributed by atoms with Gasteiger partial charge in [0.15, 0.2) is 11.3 Å². The molecule has 6 heteroatoms. The van der Waals surface area contributed by atoms with Crippen LogP contribution in [0.3, 0.4) is 0 Å². The number of pyridine rings is 2. The van der Waals surface area contributed by atoms with Gasteiger partial charge in [0, 0.05) is 23.5 Å². The molecular formula is C30H22N6. The van der Waals surface area contributed by atoms with E-state index in [4.69, 9.17) is 19.9 Å². The van der Waals surface area contributed by atoms with E-state index in [-0.39, 0.29) is 0 Å². The van der Waals surface area contributed by atoms with Gasteiger partial charge in [-0.3, -0.25) is 14.1 Å². The normalized spacial score (nSPS) is 15.3. The summed E-state index contributed by atoms with van der Waals surface area (Å²) in [5, 5.41) is 1.10. The zero-order chi connectivity index (χ0) is 23.6. The summed E-state index contributed by atoms with van der Waals surface area (Å²) in [7, 11) is 0. The lowest BCUT2D eigenvalue weighted by Crippen LogP contribution is -2.04. The smallest absolute Gasteiger partial charge is 0.168 e. The number of nitrogens with zero attached hydrogens (tertiary/aromatic N) is 6. The molecule has 6 nitrogen and oxygen atoms in total. The molecule has 0 bridgehead atoms. The average molecular weight is 467 g/mol. The Morgan fingerprint density at radius 3 is 2.56 bits per heavy atom. The van der Waals surface area contributed by atoms with Crippen LogP contribution in [0.2, 0.25) is 0 Å². The zero-order valence-electron chi connectivity index (χ0n) is 19.6. The van der Waals surface area contributed by atoms with E-state index >= 15 is 0 Å². The first-order chi connectivity index (χ1) is 17.9. The van der Waals surface area contributed by atoms with Gasteiger partial charge < -0.3 is 0 Å². The lowest BCUT2D eigenvalue weighted by Gasteiger charge is -2.13. The van der Waals surface area contributed by atoms with Crippen LogP contribution < -0.4 is 0 Å². The Hall–Kier alpha value is -4.58. The van der Waals surface area contributed by atoms with Crippen molar-refractivity contribution in [2.75, 3.05) is 0 Å². The number of hydrogen-bond donors (Lipinski definition) is 0. The Labute approximate surface area is 207 Å². The maximum Gasteiger partial charge on any atom is 0.168 e. The summed E-state index contributed by atoms with van der Waals surface area (Å²) in [6, 6.07) is 14.7. The fourth-order valence-corrected chi connectivity index (χ4v) is 5.66. The van der Waals surface area contributed by atoms with E-state index in [9.17, 15) is 0 Å². The summed E-state index contributed by atoms with van der Waals surface area (Å²) < 4.78 is 4.40. The van der Waals surface area contributed by atoms with Crippen molar-refractivity contribution in [1.29, 1.82) is 0 Å². The fraction of sp³-hybridized carbons (Fsp3) is 0.133. The molecule has 2 aliphatic carbocycles. The highest BCUT2D eigenvalue weighted by atomic mass is 15.2. The Morgan fingerprint density at radius 2 is 1.61 bits per heavy atom. The van der Waals surface area contributed by atoms with E-state index in [1.807, 2.05) is 18.5 Å². The van der Waals surface area contributed by atoms with Crippen molar-refractivity contribution in [2.24, 2.45) is 0 Å². The number of para-hydroxylation sites is 1. The number of fused-ring (bicyclic) bond motifs is 7. The van der Waals surface area contributed by atoms with Crippen molar-refractivity contribution in [3.05, 3.63) is 90.3 Å². The maximum atomic E-state index is 5.29. The van der Waals surface area contributed by atoms with Gasteiger partial charge in [0.05, 0.1) is 11.0 Å². The summed E-state index contributed by atoms with van der Waals surface area (Å²) in [4.78, 5) is 20.2. The largest absolute Gasteiger partial charge is 0.296 e. The van der Waals surface area contributed by atoms with Gasteiger partial charge in [-0.05, 0) is 67.2 Å². The molecule has 0 spiro atoms. The minimum Gasteiger partial charge on any atom is -0.296 e. The van der Waals surface area contributed by atoms with E-state index in [1.54, 1.807) is 0 Å². The summed E-state index contributed by atoms with van der Waals surface area (Å²) in [6.45, 7) is 0. The molecule has 6 aromatic rings. The molecule has 0 aliphatic heterocycles. The first-order valence-corrected chi connectivity index (χ1v) is 12.4. The van der Waals surface area contributed by atoms with Crippen LogP contribution in [-0.4, -0.2) is 29.1 Å². The van der Waals surface area contributed by atoms with Gasteiger partial charge in [0.1, 0.15) is 22.4 Å². The topological polar surface area (TPSA) is 61.4 Å². The molecule has 5 aromatic heterocycles. The summed E-state index contributed by atoms with van der Waals surface area (Å²) in [5.74, 6) is 0.856. The van der Waals surface area contributed by atoms with E-state index < -0.39 is 0 Å². The lowest BCUT2D eigenvalue weighted by atomic mass is 9.99. The molecular weight excluding hydrogens is 444 g/mol. The van der Waals surface area contributed by atoms with Crippen LogP contribution in [0.25, 0.3) is 61.9 Å². The van der Waals surface area contributed by atoms with Gasteiger partial charge in [-0.1, -0.05) is 42.5 Å². The van der Waals surface area contributed by atoms with Gasteiger partial charge in [0.2, 0.25) is 0 Å². The minimum absolute atomic E-state index is 0.787. The third-order valence-electron chi connectivity index (χ3n) is 7.33. The van der Waals surface area contributed by atoms with Crippen LogP contribution in [0.15, 0.2) is 79.2 Å². The van der Waals surface area contributed by atoms with Gasteiger partial charge in [-0.25, -0.2) is 15.0 Å². The molecule has 8 rings (SSSR count). The van der Waals surface area contributed by atoms with Crippen LogP contribution >= 0.6 is 0 Å². The molecule has 0 N–H and O–H groups in total. The second-order valence-electron chi connectivity index (χ2n) is 9.43. The van der Waals surface area contributed by atoms with Gasteiger partial charge >= 0.3 is 0 Å². The van der Waals surface area contributed by atoms with E-state index in [0.717, 1.165) is 75.8 Å². The molecule has 5 heterocycles. The SMILES string of the molecule is C1=CCCC(n2c3ccccc3c3nc4c(nc32)c2ncccc2n4-c2cc3c(cn2)C=CCC3)=C1. The van der Waals surface area contributed by atoms with Crippen LogP contribution in [-0.2, 0) is 6.42 Å². The Bertz CT molecular complexity index is 1950. The number of benzene rings is 1. The molecule has 0 atom stereocenters. The van der Waals surface area contributed by atoms with Crippen LogP contribution in [0.5, 0.6) is 0 Å². The van der Waals surface area contributed by atoms with Crippen molar-refractivity contribution >= 4 is 56.0 Å². The Morgan fingerprint density at radius 1 is 0.750 bits per heavy atom. The third-order valence-corrected chi connectivity index (χ3v) is 7.33. The maximum absolute atomic E-state index is 5.29. The van der Waals surface area contributed by atoms with Gasteiger partial charge in [-0.15, -0.1) is 0 Å². The number of hydrogen-bond acceptors (Lipinski definition) is 4. The Kier molecular flexibility index (Phi) is 4.08. The molecule has 36 heavy (non-hydrogen) atoms. The van der Waals surface area contributed by atoms with Crippen molar-refractivity contribution in [3.63, 3.8) is 0 Å². The first kappa shape index (κ1) is 19.7. The molecule has 0 saturated carbocycles. The highest BCUT2D eigenvalue weighted by molar-refractivity contribution is 6.11. The first-order valence-electron chi connectivity index (χ1n) is 12.4. The van der Waals surface area contributed by atoms with Crippen LogP contribution in [0.4, 0.5) is 0 Å². The average Bonchev–Trinajstić information content (AvgIpc) is 3.44. The Balaban J connectivity index is 1.50. The molecule has 2 aliphatic rings. The number of allylic oxidation sites excluding steroid dienone is 5. The molecule has 172 valence electrons. The third kappa shape index (κ3) is 2.72. The highest BCUT2D eigenvalue weighted by Gasteiger charge is 2.23. The summed E-state index contributed by atoms with van der Waals surface area (Å²) in [6.07, 6.45) is 18.8. The van der Waals surface area contributed by atoms with E-state index in [1.165, 1.54) is 16.8 Å². The number of aromatic nitrogens is 6. The predicted molar refractivity (Wildman–Crippen MR) is 145 cm³/mol. The second-order valence-corrected chi connectivity index (χ2v) is 9.43. The van der Waals surface area contributed by atoms with Crippen molar-refractivity contribution in [1.82, 2.24) is 29.1 Å². The molecule has 0 radical (unpaired) electrons. The monoisotopic (exact) mass is 466 g/mol. The quantitative estimate of drug-likeness (QED) is 0.288. The zero-order valence-corrected chi connectivity index (χ0v) is 19.6. The summed E-state index contributed by atoms with van der Waals surface area (Å²) in [5.41, 5.74) is 10.0. The highest BCUT2D eigenvalue weighted by Crippen LogP contribution is 2.36. The minimum atomic E-state index is 0.787. The van der Waals surface area contributed by atoms with Crippen molar-refractivity contribution in [3.8, 4) is 5.82 Å². The second kappa shape index (κ2) is 7.46. The number of aryl methyl sites for hydroxylation is 1. The molecule has 0 unspecified atom stereocenters. The summed E-state index contributed by atoms with van der Waals surface area (Å²) >= 11 is 0. The van der Waals surface area contributed by atoms with Gasteiger partial charge in [0.25, 0.3) is 0 Å².